The van der Waals surface area contributed by atoms with E-state index >= 15 is 0 Å². The van der Waals surface area contributed by atoms with Crippen LogP contribution in [0.5, 0.6) is 0 Å². The average Bonchev–Trinajstić information content (AvgIpc) is 3.00. The number of nitrogens with two attached hydrogens (primary N) is 1. The third-order valence-corrected chi connectivity index (χ3v) is 5.16. The Morgan fingerprint density at radius 2 is 2.37 bits per heavy atom. The first-order valence-corrected chi connectivity index (χ1v) is 8.43. The molecular formula is C11H14N4OS3. The van der Waals surface area contributed by atoms with Crippen molar-refractivity contribution >= 4 is 45.5 Å². The maximum atomic E-state index is 10.6. The second-order valence-electron chi connectivity index (χ2n) is 3.69. The number of aromatic nitrogens is 2. The van der Waals surface area contributed by atoms with Crippen molar-refractivity contribution in [3.05, 3.63) is 22.4 Å². The van der Waals surface area contributed by atoms with Crippen molar-refractivity contribution in [2.24, 2.45) is 5.73 Å². The zero-order valence-corrected chi connectivity index (χ0v) is 12.6. The van der Waals surface area contributed by atoms with Crippen LogP contribution in [0.1, 0.15) is 11.3 Å². The molecule has 0 unspecified atom stereocenters. The zero-order valence-electron chi connectivity index (χ0n) is 10.2. The second-order valence-corrected chi connectivity index (χ2v) is 7.05. The molecule has 3 N–H and O–H groups in total. The first-order valence-electron chi connectivity index (χ1n) is 5.75. The summed E-state index contributed by atoms with van der Waals surface area (Å²) in [6.45, 7) is 0.848. The summed E-state index contributed by atoms with van der Waals surface area (Å²) >= 11 is 4.77. The van der Waals surface area contributed by atoms with Crippen LogP contribution in [0.15, 0.2) is 21.9 Å². The molecule has 2 aromatic rings. The van der Waals surface area contributed by atoms with Crippen LogP contribution in [0.3, 0.4) is 0 Å². The van der Waals surface area contributed by atoms with E-state index in [4.69, 9.17) is 5.73 Å². The molecule has 1 amide bonds. The fourth-order valence-corrected chi connectivity index (χ4v) is 3.84. The SMILES string of the molecule is NC(=O)CCSc1nnc(NCCc2cccs2)s1. The lowest BCUT2D eigenvalue weighted by atomic mass is 10.3. The van der Waals surface area contributed by atoms with Crippen molar-refractivity contribution in [3.63, 3.8) is 0 Å². The summed E-state index contributed by atoms with van der Waals surface area (Å²) in [5, 5.41) is 14.2. The van der Waals surface area contributed by atoms with E-state index in [1.807, 2.05) is 0 Å². The Kier molecular flexibility index (Phi) is 5.62. The minimum atomic E-state index is -0.286. The minimum Gasteiger partial charge on any atom is -0.370 e. The Morgan fingerprint density at radius 1 is 1.47 bits per heavy atom. The van der Waals surface area contributed by atoms with Gasteiger partial charge in [-0.25, -0.2) is 0 Å². The van der Waals surface area contributed by atoms with Crippen LogP contribution >= 0.6 is 34.4 Å². The monoisotopic (exact) mass is 314 g/mol. The molecule has 0 saturated heterocycles. The van der Waals surface area contributed by atoms with Crippen molar-refractivity contribution in [3.8, 4) is 0 Å². The van der Waals surface area contributed by atoms with E-state index in [1.165, 1.54) is 28.0 Å². The van der Waals surface area contributed by atoms with Gasteiger partial charge in [-0.05, 0) is 17.9 Å². The van der Waals surface area contributed by atoms with Crippen LogP contribution in [-0.2, 0) is 11.2 Å². The van der Waals surface area contributed by atoms with E-state index in [9.17, 15) is 4.79 Å². The third kappa shape index (κ3) is 5.17. The van der Waals surface area contributed by atoms with Gasteiger partial charge >= 0.3 is 0 Å². The molecule has 8 heteroatoms. The zero-order chi connectivity index (χ0) is 13.5. The van der Waals surface area contributed by atoms with Gasteiger partial charge in [0.1, 0.15) is 0 Å². The van der Waals surface area contributed by atoms with Gasteiger partial charge in [0.2, 0.25) is 11.0 Å². The summed E-state index contributed by atoms with van der Waals surface area (Å²) in [5.74, 6) is 0.366. The Bertz CT molecular complexity index is 512. The fraction of sp³-hybridized carbons (Fsp3) is 0.364. The molecule has 0 atom stereocenters. The maximum absolute atomic E-state index is 10.6. The highest BCUT2D eigenvalue weighted by Crippen LogP contribution is 2.25. The number of carbonyl (C=O) groups excluding carboxylic acids is 1. The summed E-state index contributed by atoms with van der Waals surface area (Å²) < 4.78 is 0.861. The number of hydrogen-bond donors (Lipinski definition) is 2. The first kappa shape index (κ1) is 14.3. The van der Waals surface area contributed by atoms with E-state index in [2.05, 4.69) is 33.0 Å². The van der Waals surface area contributed by atoms with Crippen molar-refractivity contribution in [2.45, 2.75) is 17.2 Å². The fourth-order valence-electron chi connectivity index (χ4n) is 1.33. The summed E-state index contributed by atoms with van der Waals surface area (Å²) in [6, 6.07) is 4.18. The van der Waals surface area contributed by atoms with Gasteiger partial charge in [0.05, 0.1) is 0 Å². The lowest BCUT2D eigenvalue weighted by Crippen LogP contribution is -2.10. The van der Waals surface area contributed by atoms with Gasteiger partial charge in [0, 0.05) is 23.6 Å². The maximum Gasteiger partial charge on any atom is 0.218 e. The molecule has 0 aliphatic rings. The Labute approximate surface area is 123 Å². The highest BCUT2D eigenvalue weighted by molar-refractivity contribution is 8.01. The van der Waals surface area contributed by atoms with Crippen molar-refractivity contribution in [1.82, 2.24) is 10.2 Å². The molecule has 2 heterocycles. The van der Waals surface area contributed by atoms with Gasteiger partial charge in [0.25, 0.3) is 0 Å². The highest BCUT2D eigenvalue weighted by atomic mass is 32.2. The summed E-state index contributed by atoms with van der Waals surface area (Å²) in [4.78, 5) is 12.0. The van der Waals surface area contributed by atoms with Crippen LogP contribution in [-0.4, -0.2) is 28.4 Å². The average molecular weight is 314 g/mol. The summed E-state index contributed by atoms with van der Waals surface area (Å²) in [7, 11) is 0. The molecule has 102 valence electrons. The third-order valence-electron chi connectivity index (χ3n) is 2.21. The molecule has 0 bridgehead atoms. The Balaban J connectivity index is 1.70. The molecule has 0 radical (unpaired) electrons. The van der Waals surface area contributed by atoms with Crippen LogP contribution in [0.2, 0.25) is 0 Å². The molecule has 0 aliphatic carbocycles. The molecule has 5 nitrogen and oxygen atoms in total. The molecule has 19 heavy (non-hydrogen) atoms. The number of anilines is 1. The van der Waals surface area contributed by atoms with E-state index in [1.54, 1.807) is 11.3 Å². The molecule has 0 fully saturated rings. The van der Waals surface area contributed by atoms with Crippen molar-refractivity contribution in [2.75, 3.05) is 17.6 Å². The van der Waals surface area contributed by atoms with E-state index in [0.29, 0.717) is 12.2 Å². The van der Waals surface area contributed by atoms with Crippen molar-refractivity contribution < 1.29 is 4.79 Å². The van der Waals surface area contributed by atoms with Gasteiger partial charge in [0.15, 0.2) is 4.34 Å². The number of nitrogens with one attached hydrogen (secondary N) is 1. The lowest BCUT2D eigenvalue weighted by molar-refractivity contribution is -0.117. The van der Waals surface area contributed by atoms with Gasteiger partial charge < -0.3 is 11.1 Å². The molecular weight excluding hydrogens is 300 g/mol. The van der Waals surface area contributed by atoms with Crippen LogP contribution in [0.4, 0.5) is 5.13 Å². The first-order chi connectivity index (χ1) is 9.24. The smallest absolute Gasteiger partial charge is 0.218 e. The molecule has 2 rings (SSSR count). The normalized spacial score (nSPS) is 10.5. The lowest BCUT2D eigenvalue weighted by Gasteiger charge is -1.99. The molecule has 0 aromatic carbocycles. The minimum absolute atomic E-state index is 0.286. The number of carbonyl (C=O) groups is 1. The van der Waals surface area contributed by atoms with E-state index < -0.39 is 0 Å². The van der Waals surface area contributed by atoms with Gasteiger partial charge in [-0.1, -0.05) is 29.2 Å². The van der Waals surface area contributed by atoms with Crippen LogP contribution in [0.25, 0.3) is 0 Å². The van der Waals surface area contributed by atoms with Crippen LogP contribution in [0, 0.1) is 0 Å². The number of primary amides is 1. The molecule has 0 spiro atoms. The molecule has 0 aliphatic heterocycles. The number of amides is 1. The van der Waals surface area contributed by atoms with Crippen molar-refractivity contribution in [1.29, 1.82) is 0 Å². The van der Waals surface area contributed by atoms with Gasteiger partial charge in [-0.3, -0.25) is 4.79 Å². The van der Waals surface area contributed by atoms with Gasteiger partial charge in [-0.2, -0.15) is 0 Å². The number of thioether (sulfide) groups is 1. The topological polar surface area (TPSA) is 80.9 Å². The Hall–Kier alpha value is -1.12. The summed E-state index contributed by atoms with van der Waals surface area (Å²) in [5.41, 5.74) is 5.08. The molecule has 0 saturated carbocycles. The van der Waals surface area contributed by atoms with E-state index in [0.717, 1.165) is 22.4 Å². The van der Waals surface area contributed by atoms with E-state index in [-0.39, 0.29) is 5.91 Å². The predicted octanol–water partition coefficient (Wildman–Crippen LogP) is 2.22. The molecule has 2 aromatic heterocycles. The largest absolute Gasteiger partial charge is 0.370 e. The summed E-state index contributed by atoms with van der Waals surface area (Å²) in [6.07, 6.45) is 1.35. The number of nitrogens with zero attached hydrogens (tertiary/aromatic N) is 2. The highest BCUT2D eigenvalue weighted by Gasteiger charge is 2.05. The number of rotatable bonds is 8. The quantitative estimate of drug-likeness (QED) is 0.730. The Morgan fingerprint density at radius 3 is 3.11 bits per heavy atom. The second kappa shape index (κ2) is 7.46. The van der Waals surface area contributed by atoms with Gasteiger partial charge in [-0.15, -0.1) is 21.5 Å². The predicted molar refractivity (Wildman–Crippen MR) is 81.0 cm³/mol. The van der Waals surface area contributed by atoms with Crippen LogP contribution < -0.4 is 11.1 Å². The number of thiophene rings is 1. The number of hydrogen-bond acceptors (Lipinski definition) is 7. The standard InChI is InChI=1S/C11H14N4OS3/c12-9(16)4-7-18-11-15-14-10(19-11)13-5-3-8-2-1-6-17-8/h1-2,6H,3-5,7H2,(H2,12,16)(H,13,14).